The van der Waals surface area contributed by atoms with E-state index in [-0.39, 0.29) is 11.4 Å². The van der Waals surface area contributed by atoms with Gasteiger partial charge in [0.2, 0.25) is 0 Å². The summed E-state index contributed by atoms with van der Waals surface area (Å²) in [6.45, 7) is 6.14. The molecule has 0 aliphatic carbocycles. The van der Waals surface area contributed by atoms with Crippen LogP contribution in [0.1, 0.15) is 27.0 Å². The van der Waals surface area contributed by atoms with Crippen LogP contribution in [0.25, 0.3) is 0 Å². The second-order valence-corrected chi connectivity index (χ2v) is 9.29. The van der Waals surface area contributed by atoms with Gasteiger partial charge in [0.25, 0.3) is 0 Å². The van der Waals surface area contributed by atoms with Gasteiger partial charge in [0, 0.05) is 44.0 Å². The molecule has 3 N–H and O–H groups in total. The number of rotatable bonds is 6. The van der Waals surface area contributed by atoms with Gasteiger partial charge in [0.05, 0.1) is 12.1 Å². The number of aliphatic imine (C=N–C) groups is 1. The van der Waals surface area contributed by atoms with E-state index >= 15 is 0 Å². The van der Waals surface area contributed by atoms with Gasteiger partial charge in [0.15, 0.2) is 5.96 Å². The first-order valence-corrected chi connectivity index (χ1v) is 12.6. The fraction of sp³-hybridized carbons (Fsp3) is 0.276. The first kappa shape index (κ1) is 31.1. The van der Waals surface area contributed by atoms with Crippen LogP contribution < -0.4 is 5.32 Å². The average Bonchev–Trinajstić information content (AvgIpc) is 2.93. The van der Waals surface area contributed by atoms with Crippen LogP contribution in [0.5, 0.6) is 0 Å². The molecule has 1 saturated heterocycles. The number of halogens is 4. The molecule has 12 heteroatoms. The fourth-order valence-electron chi connectivity index (χ4n) is 3.92. The smallest absolute Gasteiger partial charge is 0.478 e. The van der Waals surface area contributed by atoms with Crippen LogP contribution >= 0.6 is 0 Å². The Balaban J connectivity index is 0.000000587. The number of alkyl halides is 3. The molecule has 3 aromatic carbocycles. The zero-order chi connectivity index (χ0) is 30.0. The Morgan fingerprint density at radius 1 is 0.927 bits per heavy atom. The molecule has 0 saturated carbocycles. The van der Waals surface area contributed by atoms with Crippen molar-refractivity contribution >= 4 is 23.6 Å². The summed E-state index contributed by atoms with van der Waals surface area (Å²) >= 11 is 0. The summed E-state index contributed by atoms with van der Waals surface area (Å²) in [4.78, 5) is 29.5. The quantitative estimate of drug-likeness (QED) is 0.210. The Kier molecular flexibility index (Phi) is 10.8. The number of piperazine rings is 1. The molecule has 1 fully saturated rings. The van der Waals surface area contributed by atoms with Gasteiger partial charge in [0.1, 0.15) is 5.82 Å². The number of nitrogens with one attached hydrogen (secondary N) is 1. The normalized spacial score (nSPS) is 14.2. The van der Waals surface area contributed by atoms with Crippen LogP contribution in [-0.4, -0.2) is 70.3 Å². The number of anilines is 1. The Morgan fingerprint density at radius 3 is 2.15 bits per heavy atom. The lowest BCUT2D eigenvalue weighted by molar-refractivity contribution is -0.192. The number of aryl methyl sites for hydroxylation is 1. The number of hydrogen-bond donors (Lipinski definition) is 3. The van der Waals surface area contributed by atoms with Gasteiger partial charge < -0.3 is 20.4 Å². The van der Waals surface area contributed by atoms with Crippen molar-refractivity contribution < 1.29 is 37.4 Å². The van der Waals surface area contributed by atoms with Crippen LogP contribution in [0.2, 0.25) is 0 Å². The maximum Gasteiger partial charge on any atom is 0.490 e. The number of guanidine groups is 1. The van der Waals surface area contributed by atoms with Crippen molar-refractivity contribution in [2.75, 3.05) is 31.5 Å². The maximum absolute atomic E-state index is 14.1. The monoisotopic (exact) mass is 574 g/mol. The molecule has 1 heterocycles. The van der Waals surface area contributed by atoms with Crippen molar-refractivity contribution in [3.8, 4) is 0 Å². The van der Waals surface area contributed by atoms with E-state index < -0.39 is 18.1 Å². The molecule has 0 amide bonds. The first-order valence-electron chi connectivity index (χ1n) is 12.6. The number of carboxylic acids is 2. The van der Waals surface area contributed by atoms with Crippen molar-refractivity contribution in [3.63, 3.8) is 0 Å². The predicted octanol–water partition coefficient (Wildman–Crippen LogP) is 5.25. The molecule has 0 atom stereocenters. The zero-order valence-electron chi connectivity index (χ0n) is 22.2. The Labute approximate surface area is 234 Å². The molecule has 0 aromatic heterocycles. The molecule has 41 heavy (non-hydrogen) atoms. The Hall–Kier alpha value is -4.45. The number of aliphatic carboxylic acids is 1. The van der Waals surface area contributed by atoms with Gasteiger partial charge in [-0.25, -0.2) is 19.0 Å². The van der Waals surface area contributed by atoms with Gasteiger partial charge >= 0.3 is 18.1 Å². The minimum Gasteiger partial charge on any atom is -0.478 e. The van der Waals surface area contributed by atoms with E-state index in [4.69, 9.17) is 14.9 Å². The predicted molar refractivity (Wildman–Crippen MR) is 146 cm³/mol. The third kappa shape index (κ3) is 9.91. The van der Waals surface area contributed by atoms with Crippen LogP contribution in [0.4, 0.5) is 23.2 Å². The summed E-state index contributed by atoms with van der Waals surface area (Å²) in [5.41, 5.74) is 3.90. The highest BCUT2D eigenvalue weighted by Crippen LogP contribution is 2.16. The summed E-state index contributed by atoms with van der Waals surface area (Å²) in [7, 11) is 0. The number of carboxylic acid groups (broad SMARTS) is 2. The van der Waals surface area contributed by atoms with Crippen molar-refractivity contribution in [2.24, 2.45) is 4.99 Å². The molecule has 1 aliphatic heterocycles. The zero-order valence-corrected chi connectivity index (χ0v) is 22.2. The standard InChI is InChI=1S/C27H29FN4O2.C2HF3O2/c1-20-9-11-21(12-10-20)18-29-27(30-24-7-4-6-22(17-24)26(33)34)32-15-13-31(14-16-32)19-23-5-2-3-8-25(23)28;3-2(4,5)1(6)7/h2-12,17H,13-16,18-19H2,1H3,(H,29,30)(H,33,34);(H,6,7). The number of hydrogen-bond acceptors (Lipinski definition) is 4. The molecule has 8 nitrogen and oxygen atoms in total. The number of aromatic carboxylic acids is 1. The van der Waals surface area contributed by atoms with E-state index in [0.29, 0.717) is 30.3 Å². The number of carbonyl (C=O) groups is 2. The topological polar surface area (TPSA) is 105 Å². The summed E-state index contributed by atoms with van der Waals surface area (Å²) in [6.07, 6.45) is -5.08. The number of nitrogens with zero attached hydrogens (tertiary/aromatic N) is 3. The molecule has 3 aromatic rings. The molecule has 1 aliphatic rings. The minimum absolute atomic E-state index is 0.176. The minimum atomic E-state index is -5.08. The largest absolute Gasteiger partial charge is 0.490 e. The maximum atomic E-state index is 14.1. The molecular weight excluding hydrogens is 544 g/mol. The summed E-state index contributed by atoms with van der Waals surface area (Å²) in [6, 6.07) is 21.9. The van der Waals surface area contributed by atoms with Crippen LogP contribution in [0, 0.1) is 12.7 Å². The summed E-state index contributed by atoms with van der Waals surface area (Å²) in [5.74, 6) is -3.20. The van der Waals surface area contributed by atoms with Crippen LogP contribution in [0.15, 0.2) is 77.8 Å². The average molecular weight is 575 g/mol. The van der Waals surface area contributed by atoms with Gasteiger partial charge in [-0.3, -0.25) is 4.90 Å². The van der Waals surface area contributed by atoms with Crippen LogP contribution in [-0.2, 0) is 17.9 Å². The van der Waals surface area contributed by atoms with E-state index in [9.17, 15) is 27.5 Å². The van der Waals surface area contributed by atoms with Crippen molar-refractivity contribution in [1.82, 2.24) is 9.80 Å². The molecular formula is C29H30F4N4O4. The van der Waals surface area contributed by atoms with Gasteiger partial charge in [-0.05, 0) is 36.8 Å². The SMILES string of the molecule is Cc1ccc(CN=C(Nc2cccc(C(=O)O)c2)N2CCN(Cc3ccccc3F)CC2)cc1.O=C(O)C(F)(F)F. The van der Waals surface area contributed by atoms with Gasteiger partial charge in [-0.15, -0.1) is 0 Å². The lowest BCUT2D eigenvalue weighted by Gasteiger charge is -2.36. The summed E-state index contributed by atoms with van der Waals surface area (Å²) < 4.78 is 45.8. The van der Waals surface area contributed by atoms with Gasteiger partial charge in [-0.2, -0.15) is 13.2 Å². The lowest BCUT2D eigenvalue weighted by atomic mass is 10.1. The highest BCUT2D eigenvalue weighted by Gasteiger charge is 2.38. The molecule has 0 radical (unpaired) electrons. The molecule has 0 bridgehead atoms. The van der Waals surface area contributed by atoms with E-state index in [2.05, 4.69) is 46.3 Å². The Bertz CT molecular complexity index is 1360. The van der Waals surface area contributed by atoms with Crippen LogP contribution in [0.3, 0.4) is 0 Å². The summed E-state index contributed by atoms with van der Waals surface area (Å²) in [5, 5.41) is 19.8. The molecule has 0 spiro atoms. The molecule has 0 unspecified atom stereocenters. The van der Waals surface area contributed by atoms with E-state index in [1.165, 1.54) is 11.6 Å². The van der Waals surface area contributed by atoms with Crippen molar-refractivity contribution in [2.45, 2.75) is 26.2 Å². The van der Waals surface area contributed by atoms with E-state index in [1.54, 1.807) is 24.3 Å². The third-order valence-electron chi connectivity index (χ3n) is 6.16. The molecule has 4 rings (SSSR count). The first-order chi connectivity index (χ1) is 19.4. The second-order valence-electron chi connectivity index (χ2n) is 9.29. The van der Waals surface area contributed by atoms with Crippen molar-refractivity contribution in [3.05, 3.63) is 101 Å². The number of benzene rings is 3. The molecule has 218 valence electrons. The van der Waals surface area contributed by atoms with Gasteiger partial charge in [-0.1, -0.05) is 54.1 Å². The van der Waals surface area contributed by atoms with Crippen molar-refractivity contribution in [1.29, 1.82) is 0 Å². The lowest BCUT2D eigenvalue weighted by Crippen LogP contribution is -2.50. The highest BCUT2D eigenvalue weighted by atomic mass is 19.4. The second kappa shape index (κ2) is 14.3. The Morgan fingerprint density at radius 2 is 1.56 bits per heavy atom. The fourth-order valence-corrected chi connectivity index (χ4v) is 3.92. The van der Waals surface area contributed by atoms with E-state index in [1.807, 2.05) is 18.2 Å². The van der Waals surface area contributed by atoms with E-state index in [0.717, 1.165) is 31.7 Å². The highest BCUT2D eigenvalue weighted by molar-refractivity contribution is 5.95. The third-order valence-corrected chi connectivity index (χ3v) is 6.16.